The number of rotatable bonds is 6. The molecule has 6 nitrogen and oxygen atoms in total. The Kier molecular flexibility index (Phi) is 4.28. The Morgan fingerprint density at radius 2 is 2.06 bits per heavy atom. The number of ether oxygens (including phenoxy) is 1. The molecule has 0 aliphatic heterocycles. The molecule has 1 aliphatic carbocycles. The van der Waals surface area contributed by atoms with Crippen molar-refractivity contribution in [2.45, 2.75) is 31.7 Å². The highest BCUT2D eigenvalue weighted by Crippen LogP contribution is 2.29. The van der Waals surface area contributed by atoms with E-state index in [0.717, 1.165) is 12.8 Å². The van der Waals surface area contributed by atoms with E-state index in [2.05, 4.69) is 10.1 Å². The number of methoxy groups -OCH3 is 1. The standard InChI is InChI=1S/C10H15NO5/c1-16-8(12)5-4-7(10(14)15)11-9(13)6-2-3-6/h6-7H,2-5H2,1H3,(H,11,13)(H,14,15). The van der Waals surface area contributed by atoms with Crippen LogP contribution in [0.4, 0.5) is 0 Å². The van der Waals surface area contributed by atoms with Crippen molar-refractivity contribution in [1.82, 2.24) is 5.32 Å². The lowest BCUT2D eigenvalue weighted by Crippen LogP contribution is -2.41. The van der Waals surface area contributed by atoms with Crippen molar-refractivity contribution in [3.63, 3.8) is 0 Å². The zero-order valence-corrected chi connectivity index (χ0v) is 9.06. The van der Waals surface area contributed by atoms with Gasteiger partial charge in [0.05, 0.1) is 7.11 Å². The van der Waals surface area contributed by atoms with Crippen LogP contribution in [-0.2, 0) is 19.1 Å². The van der Waals surface area contributed by atoms with Gasteiger partial charge in [0, 0.05) is 12.3 Å². The lowest BCUT2D eigenvalue weighted by atomic mass is 10.1. The molecule has 0 aromatic rings. The Bertz CT molecular complexity index is 298. The Hall–Kier alpha value is -1.59. The lowest BCUT2D eigenvalue weighted by molar-refractivity contribution is -0.144. The topological polar surface area (TPSA) is 92.7 Å². The van der Waals surface area contributed by atoms with E-state index in [1.807, 2.05) is 0 Å². The minimum atomic E-state index is -1.13. The molecule has 6 heteroatoms. The van der Waals surface area contributed by atoms with E-state index in [1.165, 1.54) is 7.11 Å². The SMILES string of the molecule is COC(=O)CCC(NC(=O)C1CC1)C(=O)O. The third-order valence-corrected chi connectivity index (χ3v) is 2.43. The minimum Gasteiger partial charge on any atom is -0.480 e. The molecule has 1 saturated carbocycles. The van der Waals surface area contributed by atoms with Crippen LogP contribution in [0.25, 0.3) is 0 Å². The summed E-state index contributed by atoms with van der Waals surface area (Å²) < 4.78 is 4.40. The van der Waals surface area contributed by atoms with Gasteiger partial charge in [-0.05, 0) is 19.3 Å². The van der Waals surface area contributed by atoms with Crippen LogP contribution in [-0.4, -0.2) is 36.1 Å². The fraction of sp³-hybridized carbons (Fsp3) is 0.700. The number of nitrogens with one attached hydrogen (secondary N) is 1. The van der Waals surface area contributed by atoms with Gasteiger partial charge < -0.3 is 15.2 Å². The zero-order valence-electron chi connectivity index (χ0n) is 9.06. The van der Waals surface area contributed by atoms with Gasteiger partial charge in [0.2, 0.25) is 5.91 Å². The maximum Gasteiger partial charge on any atom is 0.326 e. The highest BCUT2D eigenvalue weighted by atomic mass is 16.5. The summed E-state index contributed by atoms with van der Waals surface area (Å²) in [4.78, 5) is 33.0. The number of aliphatic carboxylic acids is 1. The van der Waals surface area contributed by atoms with E-state index in [9.17, 15) is 14.4 Å². The first-order chi connectivity index (χ1) is 7.54. The molecular formula is C10H15NO5. The second-order valence-electron chi connectivity index (χ2n) is 3.79. The molecule has 0 spiro atoms. The third kappa shape index (κ3) is 3.88. The number of carboxylic acid groups (broad SMARTS) is 1. The fourth-order valence-electron chi connectivity index (χ4n) is 1.26. The van der Waals surface area contributed by atoms with E-state index >= 15 is 0 Å². The maximum atomic E-state index is 11.3. The molecule has 0 aromatic heterocycles. The monoisotopic (exact) mass is 229 g/mol. The zero-order chi connectivity index (χ0) is 12.1. The summed E-state index contributed by atoms with van der Waals surface area (Å²) in [6.45, 7) is 0. The molecule has 16 heavy (non-hydrogen) atoms. The number of carbonyl (C=O) groups is 3. The molecule has 90 valence electrons. The van der Waals surface area contributed by atoms with Crippen molar-refractivity contribution in [2.75, 3.05) is 7.11 Å². The number of esters is 1. The van der Waals surface area contributed by atoms with Gasteiger partial charge in [-0.25, -0.2) is 4.79 Å². The molecule has 1 amide bonds. The molecular weight excluding hydrogens is 214 g/mol. The van der Waals surface area contributed by atoms with Crippen LogP contribution in [0, 0.1) is 5.92 Å². The molecule has 1 atom stereocenters. The molecule has 0 aromatic carbocycles. The molecule has 1 rings (SSSR count). The normalized spacial score (nSPS) is 16.3. The van der Waals surface area contributed by atoms with E-state index in [0.29, 0.717) is 0 Å². The average molecular weight is 229 g/mol. The first-order valence-corrected chi connectivity index (χ1v) is 5.14. The highest BCUT2D eigenvalue weighted by Gasteiger charge is 2.32. The second-order valence-corrected chi connectivity index (χ2v) is 3.79. The molecule has 0 saturated heterocycles. The first-order valence-electron chi connectivity index (χ1n) is 5.14. The van der Waals surface area contributed by atoms with Crippen LogP contribution < -0.4 is 5.32 Å². The lowest BCUT2D eigenvalue weighted by Gasteiger charge is -2.13. The van der Waals surface area contributed by atoms with E-state index in [4.69, 9.17) is 5.11 Å². The van der Waals surface area contributed by atoms with Crippen molar-refractivity contribution < 1.29 is 24.2 Å². The number of hydrogen-bond acceptors (Lipinski definition) is 4. The van der Waals surface area contributed by atoms with Crippen molar-refractivity contribution >= 4 is 17.8 Å². The highest BCUT2D eigenvalue weighted by molar-refractivity contribution is 5.86. The van der Waals surface area contributed by atoms with Crippen molar-refractivity contribution in [3.05, 3.63) is 0 Å². The molecule has 2 N–H and O–H groups in total. The van der Waals surface area contributed by atoms with E-state index in [1.54, 1.807) is 0 Å². The summed E-state index contributed by atoms with van der Waals surface area (Å²) in [5.74, 6) is -1.89. The minimum absolute atomic E-state index is 0.0155. The summed E-state index contributed by atoms with van der Waals surface area (Å²) in [7, 11) is 1.24. The van der Waals surface area contributed by atoms with E-state index in [-0.39, 0.29) is 24.7 Å². The maximum absolute atomic E-state index is 11.3. The van der Waals surface area contributed by atoms with Gasteiger partial charge in [-0.15, -0.1) is 0 Å². The largest absolute Gasteiger partial charge is 0.480 e. The quantitative estimate of drug-likeness (QED) is 0.621. The van der Waals surface area contributed by atoms with Crippen molar-refractivity contribution in [3.8, 4) is 0 Å². The van der Waals surface area contributed by atoms with E-state index < -0.39 is 18.0 Å². The first kappa shape index (κ1) is 12.5. The Labute approximate surface area is 93.0 Å². The molecule has 0 heterocycles. The molecule has 0 radical (unpaired) electrons. The molecule has 1 fully saturated rings. The second kappa shape index (κ2) is 5.48. The fourth-order valence-corrected chi connectivity index (χ4v) is 1.26. The van der Waals surface area contributed by atoms with Crippen LogP contribution in [0.1, 0.15) is 25.7 Å². The number of carbonyl (C=O) groups excluding carboxylic acids is 2. The number of amides is 1. The molecule has 1 unspecified atom stereocenters. The summed E-state index contributed by atoms with van der Waals surface area (Å²) in [5, 5.41) is 11.3. The van der Waals surface area contributed by atoms with Gasteiger partial charge in [-0.1, -0.05) is 0 Å². The van der Waals surface area contributed by atoms with Crippen molar-refractivity contribution in [2.24, 2.45) is 5.92 Å². The van der Waals surface area contributed by atoms with Gasteiger partial charge in [0.15, 0.2) is 0 Å². The van der Waals surface area contributed by atoms with Crippen LogP contribution >= 0.6 is 0 Å². The summed E-state index contributed by atoms with van der Waals surface area (Å²) >= 11 is 0. The summed E-state index contributed by atoms with van der Waals surface area (Å²) in [5.41, 5.74) is 0. The average Bonchev–Trinajstić information content (AvgIpc) is 3.06. The predicted octanol–water partition coefficient (Wildman–Crippen LogP) is -0.0810. The summed E-state index contributed by atoms with van der Waals surface area (Å²) in [6, 6.07) is -1.01. The Morgan fingerprint density at radius 1 is 1.44 bits per heavy atom. The van der Waals surface area contributed by atoms with Crippen LogP contribution in [0.5, 0.6) is 0 Å². The van der Waals surface area contributed by atoms with Gasteiger partial charge in [0.1, 0.15) is 6.04 Å². The predicted molar refractivity (Wildman–Crippen MR) is 53.5 cm³/mol. The van der Waals surface area contributed by atoms with Crippen molar-refractivity contribution in [1.29, 1.82) is 0 Å². The third-order valence-electron chi connectivity index (χ3n) is 2.43. The number of hydrogen-bond donors (Lipinski definition) is 2. The van der Waals surface area contributed by atoms with Crippen LogP contribution in [0.15, 0.2) is 0 Å². The Balaban J connectivity index is 2.37. The van der Waals surface area contributed by atoms with Gasteiger partial charge >= 0.3 is 11.9 Å². The van der Waals surface area contributed by atoms with Gasteiger partial charge in [0.25, 0.3) is 0 Å². The van der Waals surface area contributed by atoms with Crippen LogP contribution in [0.2, 0.25) is 0 Å². The smallest absolute Gasteiger partial charge is 0.326 e. The van der Waals surface area contributed by atoms with Gasteiger partial charge in [-0.3, -0.25) is 9.59 Å². The van der Waals surface area contributed by atoms with Gasteiger partial charge in [-0.2, -0.15) is 0 Å². The summed E-state index contributed by atoms with van der Waals surface area (Å²) in [6.07, 6.45) is 1.67. The molecule has 0 bridgehead atoms. The molecule has 1 aliphatic rings. The number of carboxylic acids is 1. The van der Waals surface area contributed by atoms with Crippen LogP contribution in [0.3, 0.4) is 0 Å². The Morgan fingerprint density at radius 3 is 2.50 bits per heavy atom.